The van der Waals surface area contributed by atoms with Gasteiger partial charge in [0.2, 0.25) is 0 Å². The van der Waals surface area contributed by atoms with E-state index in [-0.39, 0.29) is 12.5 Å². The second-order valence-electron chi connectivity index (χ2n) is 3.97. The van der Waals surface area contributed by atoms with Crippen LogP contribution in [0.25, 0.3) is 0 Å². The molecule has 1 amide bonds. The Morgan fingerprint density at radius 3 is 2.67 bits per heavy atom. The highest BCUT2D eigenvalue weighted by atomic mass is 16.5. The first-order chi connectivity index (χ1) is 8.63. The van der Waals surface area contributed by atoms with Crippen LogP contribution in [0.3, 0.4) is 0 Å². The van der Waals surface area contributed by atoms with Crippen molar-refractivity contribution >= 4 is 11.6 Å². The van der Waals surface area contributed by atoms with Crippen LogP contribution in [0.5, 0.6) is 5.75 Å². The Labute approximate surface area is 107 Å². The van der Waals surface area contributed by atoms with E-state index in [2.05, 4.69) is 0 Å². The van der Waals surface area contributed by atoms with Crippen molar-refractivity contribution in [3.8, 4) is 5.75 Å². The monoisotopic (exact) mass is 252 g/mol. The quantitative estimate of drug-likeness (QED) is 0.744. The number of rotatable bonds is 6. The van der Waals surface area contributed by atoms with Gasteiger partial charge in [-0.05, 0) is 18.6 Å². The summed E-state index contributed by atoms with van der Waals surface area (Å²) in [5.41, 5.74) is 6.67. The lowest BCUT2D eigenvalue weighted by atomic mass is 10.1. The fourth-order valence-corrected chi connectivity index (χ4v) is 1.74. The molecule has 0 bridgehead atoms. The average Bonchev–Trinajstić information content (AvgIpc) is 2.37. The third-order valence-corrected chi connectivity index (χ3v) is 2.64. The molecule has 0 unspecified atom stereocenters. The van der Waals surface area contributed by atoms with Crippen molar-refractivity contribution in [2.45, 2.75) is 13.3 Å². The molecule has 0 saturated heterocycles. The van der Waals surface area contributed by atoms with Crippen molar-refractivity contribution in [1.29, 1.82) is 0 Å². The number of hydrogen-bond donors (Lipinski definition) is 2. The molecule has 5 nitrogen and oxygen atoms in total. The number of nitrogens with zero attached hydrogens (tertiary/aromatic N) is 1. The van der Waals surface area contributed by atoms with E-state index in [9.17, 15) is 4.79 Å². The smallest absolute Gasteiger partial charge is 0.256 e. The van der Waals surface area contributed by atoms with Crippen LogP contribution in [0.2, 0.25) is 0 Å². The van der Waals surface area contributed by atoms with E-state index in [0.29, 0.717) is 30.1 Å². The Morgan fingerprint density at radius 2 is 2.17 bits per heavy atom. The zero-order valence-corrected chi connectivity index (χ0v) is 10.8. The van der Waals surface area contributed by atoms with Crippen LogP contribution in [-0.2, 0) is 0 Å². The summed E-state index contributed by atoms with van der Waals surface area (Å²) < 4.78 is 5.04. The Hall–Kier alpha value is -1.75. The zero-order valence-electron chi connectivity index (χ0n) is 10.8. The molecule has 0 heterocycles. The van der Waals surface area contributed by atoms with Crippen LogP contribution in [0.4, 0.5) is 5.69 Å². The molecule has 0 radical (unpaired) electrons. The van der Waals surface area contributed by atoms with Crippen molar-refractivity contribution in [3.05, 3.63) is 23.8 Å². The number of carbonyl (C=O) groups excluding carboxylic acids is 1. The summed E-state index contributed by atoms with van der Waals surface area (Å²) in [4.78, 5) is 13.8. The van der Waals surface area contributed by atoms with Gasteiger partial charge in [0, 0.05) is 24.8 Å². The Kier molecular flexibility index (Phi) is 5.45. The molecule has 0 fully saturated rings. The summed E-state index contributed by atoms with van der Waals surface area (Å²) in [6.45, 7) is 2.85. The minimum Gasteiger partial charge on any atom is -0.497 e. The van der Waals surface area contributed by atoms with E-state index in [1.165, 1.54) is 0 Å². The highest BCUT2D eigenvalue weighted by molar-refractivity contribution is 5.99. The molecule has 0 aromatic heterocycles. The standard InChI is InChI=1S/C13H20N2O3/c1-3-6-15(7-8-16)13(17)11-5-4-10(18-2)9-12(11)14/h4-5,9,16H,3,6-8,14H2,1-2H3. The van der Waals surface area contributed by atoms with E-state index in [1.807, 2.05) is 6.92 Å². The second kappa shape index (κ2) is 6.86. The van der Waals surface area contributed by atoms with Gasteiger partial charge in [0.15, 0.2) is 0 Å². The summed E-state index contributed by atoms with van der Waals surface area (Å²) in [6.07, 6.45) is 0.835. The number of amides is 1. The highest BCUT2D eigenvalue weighted by Crippen LogP contribution is 2.21. The molecule has 0 aliphatic rings. The van der Waals surface area contributed by atoms with Gasteiger partial charge < -0.3 is 20.5 Å². The molecule has 5 heteroatoms. The fourth-order valence-electron chi connectivity index (χ4n) is 1.74. The summed E-state index contributed by atoms with van der Waals surface area (Å²) in [7, 11) is 1.55. The van der Waals surface area contributed by atoms with Crippen molar-refractivity contribution in [2.75, 3.05) is 32.5 Å². The van der Waals surface area contributed by atoms with E-state index >= 15 is 0 Å². The number of nitrogen functional groups attached to an aromatic ring is 1. The first kappa shape index (κ1) is 14.3. The molecule has 0 atom stereocenters. The Morgan fingerprint density at radius 1 is 1.44 bits per heavy atom. The molecule has 1 rings (SSSR count). The molecule has 100 valence electrons. The van der Waals surface area contributed by atoms with Crippen molar-refractivity contribution in [3.63, 3.8) is 0 Å². The maximum absolute atomic E-state index is 12.2. The lowest BCUT2D eigenvalue weighted by Gasteiger charge is -2.22. The van der Waals surface area contributed by atoms with Crippen LogP contribution in [0.15, 0.2) is 18.2 Å². The largest absolute Gasteiger partial charge is 0.497 e. The van der Waals surface area contributed by atoms with E-state index in [1.54, 1.807) is 30.2 Å². The van der Waals surface area contributed by atoms with Gasteiger partial charge >= 0.3 is 0 Å². The lowest BCUT2D eigenvalue weighted by Crippen LogP contribution is -2.34. The predicted octanol–water partition coefficient (Wildman–Crippen LogP) is 1.12. The van der Waals surface area contributed by atoms with Crippen molar-refractivity contribution in [1.82, 2.24) is 4.90 Å². The molecule has 0 aliphatic carbocycles. The molecule has 1 aromatic rings. The van der Waals surface area contributed by atoms with Gasteiger partial charge in [0.25, 0.3) is 5.91 Å². The number of nitrogens with two attached hydrogens (primary N) is 1. The number of anilines is 1. The molecule has 1 aromatic carbocycles. The minimum atomic E-state index is -0.161. The topological polar surface area (TPSA) is 75.8 Å². The van der Waals surface area contributed by atoms with Gasteiger partial charge in [-0.25, -0.2) is 0 Å². The molecule has 0 aliphatic heterocycles. The summed E-state index contributed by atoms with van der Waals surface area (Å²) >= 11 is 0. The van der Waals surface area contributed by atoms with Gasteiger partial charge in [-0.1, -0.05) is 6.92 Å². The zero-order chi connectivity index (χ0) is 13.5. The summed E-state index contributed by atoms with van der Waals surface area (Å²) in [5, 5.41) is 8.97. The second-order valence-corrected chi connectivity index (χ2v) is 3.97. The van der Waals surface area contributed by atoms with Gasteiger partial charge in [0.05, 0.1) is 19.3 Å². The molecule has 0 spiro atoms. The van der Waals surface area contributed by atoms with Crippen LogP contribution >= 0.6 is 0 Å². The molecule has 3 N–H and O–H groups in total. The first-order valence-corrected chi connectivity index (χ1v) is 5.97. The molecular formula is C13H20N2O3. The number of carbonyl (C=O) groups is 1. The normalized spacial score (nSPS) is 10.2. The maximum Gasteiger partial charge on any atom is 0.256 e. The number of ether oxygens (including phenoxy) is 1. The molecular weight excluding hydrogens is 232 g/mol. The van der Waals surface area contributed by atoms with Gasteiger partial charge in [-0.3, -0.25) is 4.79 Å². The maximum atomic E-state index is 12.2. The Balaban J connectivity index is 2.93. The van der Waals surface area contributed by atoms with Gasteiger partial charge in [-0.2, -0.15) is 0 Å². The number of hydrogen-bond acceptors (Lipinski definition) is 4. The number of methoxy groups -OCH3 is 1. The molecule has 18 heavy (non-hydrogen) atoms. The SMILES string of the molecule is CCCN(CCO)C(=O)c1ccc(OC)cc1N. The Bertz CT molecular complexity index is 401. The average molecular weight is 252 g/mol. The van der Waals surface area contributed by atoms with Gasteiger partial charge in [0.1, 0.15) is 5.75 Å². The summed E-state index contributed by atoms with van der Waals surface area (Å²) in [5.74, 6) is 0.458. The number of aliphatic hydroxyl groups is 1. The van der Waals surface area contributed by atoms with E-state index < -0.39 is 0 Å². The summed E-state index contributed by atoms with van der Waals surface area (Å²) in [6, 6.07) is 4.97. The fraction of sp³-hybridized carbons (Fsp3) is 0.462. The highest BCUT2D eigenvalue weighted by Gasteiger charge is 2.17. The van der Waals surface area contributed by atoms with Crippen molar-refractivity contribution < 1.29 is 14.6 Å². The van der Waals surface area contributed by atoms with Crippen LogP contribution in [0.1, 0.15) is 23.7 Å². The molecule has 0 saturated carbocycles. The van der Waals surface area contributed by atoms with Crippen LogP contribution in [0, 0.1) is 0 Å². The van der Waals surface area contributed by atoms with Crippen molar-refractivity contribution in [2.24, 2.45) is 0 Å². The minimum absolute atomic E-state index is 0.0538. The lowest BCUT2D eigenvalue weighted by molar-refractivity contribution is 0.0723. The van der Waals surface area contributed by atoms with E-state index in [4.69, 9.17) is 15.6 Å². The number of aliphatic hydroxyl groups excluding tert-OH is 1. The predicted molar refractivity (Wildman–Crippen MR) is 70.7 cm³/mol. The van der Waals surface area contributed by atoms with Gasteiger partial charge in [-0.15, -0.1) is 0 Å². The first-order valence-electron chi connectivity index (χ1n) is 5.97. The van der Waals surface area contributed by atoms with E-state index in [0.717, 1.165) is 6.42 Å². The third kappa shape index (κ3) is 3.37. The van der Waals surface area contributed by atoms with Crippen LogP contribution in [-0.4, -0.2) is 42.7 Å². The van der Waals surface area contributed by atoms with Crippen LogP contribution < -0.4 is 10.5 Å². The third-order valence-electron chi connectivity index (χ3n) is 2.64. The number of benzene rings is 1.